The molecule has 5 aliphatic heterocycles. The zero-order valence-electron chi connectivity index (χ0n) is 23.5. The molecule has 0 aliphatic carbocycles. The van der Waals surface area contributed by atoms with Gasteiger partial charge in [-0.05, 0) is 94.1 Å². The van der Waals surface area contributed by atoms with Crippen LogP contribution >= 0.6 is 11.8 Å². The van der Waals surface area contributed by atoms with Gasteiger partial charge in [0.25, 0.3) is 0 Å². The highest BCUT2D eigenvalue weighted by Gasteiger charge is 2.61. The van der Waals surface area contributed by atoms with Crippen molar-refractivity contribution in [1.82, 2.24) is 9.80 Å². The second-order valence-electron chi connectivity index (χ2n) is 13.4. The lowest BCUT2D eigenvalue weighted by atomic mass is 9.66. The minimum Gasteiger partial charge on any atom is -0.472 e. The van der Waals surface area contributed by atoms with Gasteiger partial charge in [0, 0.05) is 54.2 Å². The molecule has 38 heavy (non-hydrogen) atoms. The summed E-state index contributed by atoms with van der Waals surface area (Å²) >= 11 is 2.28. The van der Waals surface area contributed by atoms with E-state index in [1.807, 2.05) is 25.1 Å². The summed E-state index contributed by atoms with van der Waals surface area (Å²) in [5, 5.41) is 0. The summed E-state index contributed by atoms with van der Waals surface area (Å²) < 4.78 is 18.2. The molecule has 0 amide bonds. The normalized spacial score (nSPS) is 43.9. The van der Waals surface area contributed by atoms with Crippen LogP contribution in [0.5, 0.6) is 0 Å². The molecule has 0 aromatic carbocycles. The summed E-state index contributed by atoms with van der Waals surface area (Å²) in [5.74, 6) is 2.78. The molecule has 5 fully saturated rings. The number of nitrogens with zero attached hydrogens (tertiary/aromatic N) is 2. The second-order valence-corrected chi connectivity index (χ2v) is 14.8. The first-order valence-electron chi connectivity index (χ1n) is 15.4. The van der Waals surface area contributed by atoms with Crippen molar-refractivity contribution in [2.45, 2.75) is 114 Å². The molecule has 2 spiro atoms. The monoisotopic (exact) mass is 538 g/mol. The van der Waals surface area contributed by atoms with Crippen molar-refractivity contribution < 1.29 is 13.6 Å². The van der Waals surface area contributed by atoms with E-state index in [0.29, 0.717) is 29.6 Å². The van der Waals surface area contributed by atoms with Gasteiger partial charge in [0.1, 0.15) is 6.23 Å². The Kier molecular flexibility index (Phi) is 6.78. The maximum Gasteiger partial charge on any atom is 0.126 e. The van der Waals surface area contributed by atoms with E-state index in [9.17, 15) is 0 Å². The third-order valence-corrected chi connectivity index (χ3v) is 13.1. The molecule has 9 atom stereocenters. The quantitative estimate of drug-likeness (QED) is 0.398. The van der Waals surface area contributed by atoms with Crippen molar-refractivity contribution in [3.05, 3.63) is 48.3 Å². The molecule has 7 heterocycles. The highest BCUT2D eigenvalue weighted by atomic mass is 32.2. The van der Waals surface area contributed by atoms with Crippen LogP contribution in [0.2, 0.25) is 0 Å². The number of furan rings is 2. The molecular weight excluding hydrogens is 492 g/mol. The summed E-state index contributed by atoms with van der Waals surface area (Å²) in [5.41, 5.74) is 3.11. The molecule has 0 bridgehead atoms. The number of fused-ring (bicyclic) bond motifs is 2. The minimum absolute atomic E-state index is 0.181. The van der Waals surface area contributed by atoms with Crippen molar-refractivity contribution in [3.63, 3.8) is 0 Å². The first-order valence-corrected chi connectivity index (χ1v) is 16.3. The van der Waals surface area contributed by atoms with Crippen LogP contribution in [0.4, 0.5) is 0 Å². The van der Waals surface area contributed by atoms with Gasteiger partial charge in [0.2, 0.25) is 0 Å². The Morgan fingerprint density at radius 1 is 0.895 bits per heavy atom. The number of hydrogen-bond acceptors (Lipinski definition) is 6. The molecule has 7 rings (SSSR count). The van der Waals surface area contributed by atoms with Gasteiger partial charge >= 0.3 is 0 Å². The molecular formula is C32H46N2O3S. The van der Waals surface area contributed by atoms with Gasteiger partial charge in [-0.3, -0.25) is 9.80 Å². The fourth-order valence-electron chi connectivity index (χ4n) is 9.42. The Labute approximate surface area is 233 Å². The first kappa shape index (κ1) is 25.7. The topological polar surface area (TPSA) is 42.0 Å². The largest absolute Gasteiger partial charge is 0.472 e. The average Bonchev–Trinajstić information content (AvgIpc) is 3.70. The molecule has 208 valence electrons. The number of thioether (sulfide) groups is 1. The summed E-state index contributed by atoms with van der Waals surface area (Å²) in [7, 11) is 0. The number of ether oxygens (including phenoxy) is 1. The molecule has 0 saturated carbocycles. The summed E-state index contributed by atoms with van der Waals surface area (Å²) in [6, 6.07) is 6.64. The predicted molar refractivity (Wildman–Crippen MR) is 152 cm³/mol. The minimum atomic E-state index is 0.181. The van der Waals surface area contributed by atoms with Gasteiger partial charge in [0.15, 0.2) is 0 Å². The van der Waals surface area contributed by atoms with Crippen molar-refractivity contribution in [2.75, 3.05) is 18.9 Å². The van der Waals surface area contributed by atoms with Gasteiger partial charge in [0.05, 0.1) is 29.8 Å². The highest BCUT2D eigenvalue weighted by Crippen LogP contribution is 2.62. The lowest BCUT2D eigenvalue weighted by molar-refractivity contribution is -0.168. The zero-order chi connectivity index (χ0) is 25.9. The van der Waals surface area contributed by atoms with Gasteiger partial charge < -0.3 is 13.6 Å². The molecule has 5 aliphatic rings. The maximum absolute atomic E-state index is 6.85. The predicted octanol–water partition coefficient (Wildman–Crippen LogP) is 7.67. The standard InChI is InChI=1S/C32H46N2O3S/c1-4-37-30-32(14-10-27-23(3)6-8-29(34(27)30)25-12-16-36-18-25)19-31(21-38-32)13-9-26-22(2)5-7-28(33(26)20-31)24-11-15-35-17-24/h11-12,15-18,22-23,26-30H,4-10,13-14,19-21H2,1-3H3. The molecule has 9 unspecified atom stereocenters. The van der Waals surface area contributed by atoms with Crippen LogP contribution in [0.15, 0.2) is 46.0 Å². The fraction of sp³-hybridized carbons (Fsp3) is 0.750. The van der Waals surface area contributed by atoms with Crippen molar-refractivity contribution in [3.8, 4) is 0 Å². The molecule has 5 saturated heterocycles. The Hall–Kier alpha value is -1.21. The smallest absolute Gasteiger partial charge is 0.126 e. The molecule has 2 aromatic rings. The lowest BCUT2D eigenvalue weighted by Crippen LogP contribution is -2.64. The highest BCUT2D eigenvalue weighted by molar-refractivity contribution is 8.01. The zero-order valence-corrected chi connectivity index (χ0v) is 24.3. The fourth-order valence-corrected chi connectivity index (χ4v) is 11.4. The van der Waals surface area contributed by atoms with Crippen molar-refractivity contribution >= 4 is 11.8 Å². The maximum atomic E-state index is 6.85. The van der Waals surface area contributed by atoms with Crippen LogP contribution in [0, 0.1) is 17.3 Å². The third-order valence-electron chi connectivity index (χ3n) is 11.3. The van der Waals surface area contributed by atoms with E-state index >= 15 is 0 Å². The van der Waals surface area contributed by atoms with Crippen LogP contribution in [0.3, 0.4) is 0 Å². The van der Waals surface area contributed by atoms with E-state index in [0.717, 1.165) is 18.4 Å². The van der Waals surface area contributed by atoms with Crippen LogP contribution < -0.4 is 0 Å². The van der Waals surface area contributed by atoms with Gasteiger partial charge in [-0.25, -0.2) is 0 Å². The van der Waals surface area contributed by atoms with E-state index in [1.54, 1.807) is 0 Å². The van der Waals surface area contributed by atoms with Crippen LogP contribution in [0.1, 0.15) is 102 Å². The Bertz CT molecular complexity index is 1070. The van der Waals surface area contributed by atoms with Crippen molar-refractivity contribution in [2.24, 2.45) is 17.3 Å². The van der Waals surface area contributed by atoms with E-state index in [2.05, 4.69) is 54.5 Å². The SMILES string of the molecule is CCOC1N2C(c3ccoc3)CCC(C)C2CCC12CC1(CCC3C(C)CCC(c4ccoc4)N3C1)CS2. The van der Waals surface area contributed by atoms with Gasteiger partial charge in [-0.1, -0.05) is 13.8 Å². The van der Waals surface area contributed by atoms with Gasteiger partial charge in [-0.15, -0.1) is 0 Å². The van der Waals surface area contributed by atoms with Crippen LogP contribution in [-0.2, 0) is 4.74 Å². The average molecular weight is 539 g/mol. The van der Waals surface area contributed by atoms with E-state index in [1.165, 1.54) is 81.2 Å². The molecule has 5 nitrogen and oxygen atoms in total. The van der Waals surface area contributed by atoms with E-state index in [-0.39, 0.29) is 11.0 Å². The lowest BCUT2D eigenvalue weighted by Gasteiger charge is -2.58. The Morgan fingerprint density at radius 2 is 1.58 bits per heavy atom. The third kappa shape index (κ3) is 4.15. The molecule has 2 aromatic heterocycles. The van der Waals surface area contributed by atoms with Crippen LogP contribution in [0.25, 0.3) is 0 Å². The summed E-state index contributed by atoms with van der Waals surface area (Å²) in [4.78, 5) is 5.75. The van der Waals surface area contributed by atoms with Crippen molar-refractivity contribution in [1.29, 1.82) is 0 Å². The number of rotatable bonds is 4. The van der Waals surface area contributed by atoms with Gasteiger partial charge in [-0.2, -0.15) is 11.8 Å². The second kappa shape index (κ2) is 10.0. The van der Waals surface area contributed by atoms with Crippen LogP contribution in [-0.4, -0.2) is 51.8 Å². The first-order chi connectivity index (χ1) is 18.5. The van der Waals surface area contributed by atoms with E-state index in [4.69, 9.17) is 13.6 Å². The Morgan fingerprint density at radius 3 is 2.29 bits per heavy atom. The Balaban J connectivity index is 1.19. The summed E-state index contributed by atoms with van der Waals surface area (Å²) in [6.45, 7) is 9.18. The number of piperidine rings is 4. The number of hydrogen-bond donors (Lipinski definition) is 0. The van der Waals surface area contributed by atoms with E-state index < -0.39 is 0 Å². The molecule has 0 radical (unpaired) electrons. The molecule has 6 heteroatoms. The summed E-state index contributed by atoms with van der Waals surface area (Å²) in [6.07, 6.45) is 19.6. The molecule has 0 N–H and O–H groups in total.